The van der Waals surface area contributed by atoms with Crippen molar-refractivity contribution in [3.05, 3.63) is 0 Å². The molecule has 0 saturated heterocycles. The molecule has 0 aromatic rings. The van der Waals surface area contributed by atoms with Gasteiger partial charge in [-0.25, -0.2) is 0 Å². The predicted octanol–water partition coefficient (Wildman–Crippen LogP) is 1.92. The van der Waals surface area contributed by atoms with Crippen molar-refractivity contribution >= 4 is 0 Å². The van der Waals surface area contributed by atoms with Crippen LogP contribution in [0.25, 0.3) is 0 Å². The Morgan fingerprint density at radius 3 is 1.64 bits per heavy atom. The van der Waals surface area contributed by atoms with E-state index in [1.807, 2.05) is 0 Å². The van der Waals surface area contributed by atoms with Crippen LogP contribution in [0.5, 0.6) is 0 Å². The summed E-state index contributed by atoms with van der Waals surface area (Å²) >= 11 is 0. The maximum atomic E-state index is 2.34. The van der Waals surface area contributed by atoms with E-state index in [-0.39, 0.29) is 0 Å². The van der Waals surface area contributed by atoms with Crippen LogP contribution in [-0.4, -0.2) is 51.1 Å². The molecule has 0 spiro atoms. The molecule has 0 amide bonds. The van der Waals surface area contributed by atoms with E-state index >= 15 is 0 Å². The maximum Gasteiger partial charge on any atom is 0.000367 e. The molecule has 0 bridgehead atoms. The Hall–Kier alpha value is -0.0800. The largest absolute Gasteiger partial charge is 0.309 e. The van der Waals surface area contributed by atoms with Crippen molar-refractivity contribution in [2.24, 2.45) is 11.8 Å². The second kappa shape index (κ2) is 5.72. The lowest BCUT2D eigenvalue weighted by Crippen LogP contribution is -2.31. The van der Waals surface area contributed by atoms with Gasteiger partial charge in [0.05, 0.1) is 0 Å². The first-order valence-electron chi connectivity index (χ1n) is 5.87. The Balaban J connectivity index is 2.28. The van der Waals surface area contributed by atoms with E-state index in [2.05, 4.69) is 38.0 Å². The van der Waals surface area contributed by atoms with E-state index in [1.54, 1.807) is 0 Å². The highest BCUT2D eigenvalue weighted by Crippen LogP contribution is 2.29. The van der Waals surface area contributed by atoms with Crippen LogP contribution in [0.3, 0.4) is 0 Å². The quantitative estimate of drug-likeness (QED) is 0.681. The highest BCUT2D eigenvalue weighted by atomic mass is 15.1. The predicted molar refractivity (Wildman–Crippen MR) is 62.6 cm³/mol. The average Bonchev–Trinajstić information content (AvgIpc) is 2.01. The fourth-order valence-electron chi connectivity index (χ4n) is 2.77. The van der Waals surface area contributed by atoms with Crippen molar-refractivity contribution in [1.29, 1.82) is 0 Å². The van der Waals surface area contributed by atoms with Crippen molar-refractivity contribution < 1.29 is 0 Å². The van der Waals surface area contributed by atoms with Gasteiger partial charge in [-0.05, 0) is 59.3 Å². The summed E-state index contributed by atoms with van der Waals surface area (Å²) in [5, 5.41) is 0. The van der Waals surface area contributed by atoms with Gasteiger partial charge in [0.1, 0.15) is 0 Å². The molecule has 1 fully saturated rings. The number of hydrogen-bond acceptors (Lipinski definition) is 2. The zero-order valence-electron chi connectivity index (χ0n) is 10.3. The Morgan fingerprint density at radius 1 is 0.857 bits per heavy atom. The molecule has 84 valence electrons. The number of nitrogens with zero attached hydrogens (tertiary/aromatic N) is 2. The first-order valence-corrected chi connectivity index (χ1v) is 5.87. The zero-order valence-corrected chi connectivity index (χ0v) is 10.3. The molecule has 0 aromatic carbocycles. The summed E-state index contributed by atoms with van der Waals surface area (Å²) in [7, 11) is 8.76. The van der Waals surface area contributed by atoms with Gasteiger partial charge in [0.15, 0.2) is 0 Å². The minimum atomic E-state index is 0.948. The SMILES string of the molecule is CN(C)CC1CCCC(CN(C)C)C1. The van der Waals surface area contributed by atoms with Crippen LogP contribution in [-0.2, 0) is 0 Å². The third kappa shape index (κ3) is 4.43. The zero-order chi connectivity index (χ0) is 10.6. The lowest BCUT2D eigenvalue weighted by atomic mass is 9.81. The minimum absolute atomic E-state index is 0.948. The lowest BCUT2D eigenvalue weighted by Gasteiger charge is -2.32. The van der Waals surface area contributed by atoms with Gasteiger partial charge in [0.2, 0.25) is 0 Å². The molecule has 0 heterocycles. The molecular weight excluding hydrogens is 172 g/mol. The van der Waals surface area contributed by atoms with E-state index in [1.165, 1.54) is 38.8 Å². The second-order valence-electron chi connectivity index (χ2n) is 5.42. The van der Waals surface area contributed by atoms with Gasteiger partial charge in [0, 0.05) is 13.1 Å². The highest BCUT2D eigenvalue weighted by Gasteiger charge is 2.22. The van der Waals surface area contributed by atoms with Gasteiger partial charge in [-0.15, -0.1) is 0 Å². The monoisotopic (exact) mass is 198 g/mol. The van der Waals surface area contributed by atoms with Crippen LogP contribution in [0.4, 0.5) is 0 Å². The molecule has 2 unspecified atom stereocenters. The van der Waals surface area contributed by atoms with Gasteiger partial charge in [-0.3, -0.25) is 0 Å². The summed E-state index contributed by atoms with van der Waals surface area (Å²) in [6, 6.07) is 0. The lowest BCUT2D eigenvalue weighted by molar-refractivity contribution is 0.185. The van der Waals surface area contributed by atoms with E-state index in [0.29, 0.717) is 0 Å². The molecule has 14 heavy (non-hydrogen) atoms. The van der Waals surface area contributed by atoms with E-state index < -0.39 is 0 Å². The van der Waals surface area contributed by atoms with E-state index in [4.69, 9.17) is 0 Å². The summed E-state index contributed by atoms with van der Waals surface area (Å²) in [6.45, 7) is 2.56. The molecule has 0 aliphatic heterocycles. The molecular formula is C12H26N2. The van der Waals surface area contributed by atoms with Crippen LogP contribution >= 0.6 is 0 Å². The van der Waals surface area contributed by atoms with Crippen molar-refractivity contribution in [2.45, 2.75) is 25.7 Å². The van der Waals surface area contributed by atoms with Crippen LogP contribution in [0.2, 0.25) is 0 Å². The summed E-state index contributed by atoms with van der Waals surface area (Å²) in [6.07, 6.45) is 5.78. The van der Waals surface area contributed by atoms with Crippen molar-refractivity contribution in [3.63, 3.8) is 0 Å². The summed E-state index contributed by atoms with van der Waals surface area (Å²) in [4.78, 5) is 4.67. The molecule has 0 N–H and O–H groups in total. The van der Waals surface area contributed by atoms with Crippen LogP contribution in [0.1, 0.15) is 25.7 Å². The average molecular weight is 198 g/mol. The van der Waals surface area contributed by atoms with Gasteiger partial charge in [-0.1, -0.05) is 6.42 Å². The Kier molecular flexibility index (Phi) is 4.90. The molecule has 2 heteroatoms. The molecule has 2 atom stereocenters. The fourth-order valence-corrected chi connectivity index (χ4v) is 2.77. The number of hydrogen-bond donors (Lipinski definition) is 0. The van der Waals surface area contributed by atoms with Crippen LogP contribution in [0.15, 0.2) is 0 Å². The standard InChI is InChI=1S/C12H26N2/c1-13(2)9-11-6-5-7-12(8-11)10-14(3)4/h11-12H,5-10H2,1-4H3. The van der Waals surface area contributed by atoms with Gasteiger partial charge in [-0.2, -0.15) is 0 Å². The third-order valence-electron chi connectivity index (χ3n) is 3.14. The summed E-state index contributed by atoms with van der Waals surface area (Å²) in [5.41, 5.74) is 0. The molecule has 1 rings (SSSR count). The third-order valence-corrected chi connectivity index (χ3v) is 3.14. The fraction of sp³-hybridized carbons (Fsp3) is 1.00. The van der Waals surface area contributed by atoms with Gasteiger partial charge >= 0.3 is 0 Å². The smallest absolute Gasteiger partial charge is 0.000367 e. The normalized spacial score (nSPS) is 28.7. The molecule has 0 radical (unpaired) electrons. The van der Waals surface area contributed by atoms with E-state index in [0.717, 1.165) is 11.8 Å². The summed E-state index contributed by atoms with van der Waals surface area (Å²) < 4.78 is 0. The molecule has 1 aliphatic rings. The molecule has 1 saturated carbocycles. The van der Waals surface area contributed by atoms with Crippen molar-refractivity contribution in [2.75, 3.05) is 41.3 Å². The highest BCUT2D eigenvalue weighted by molar-refractivity contribution is 4.75. The minimum Gasteiger partial charge on any atom is -0.309 e. The Bertz CT molecular complexity index is 138. The van der Waals surface area contributed by atoms with E-state index in [9.17, 15) is 0 Å². The summed E-state index contributed by atoms with van der Waals surface area (Å²) in [5.74, 6) is 1.90. The Morgan fingerprint density at radius 2 is 1.29 bits per heavy atom. The van der Waals surface area contributed by atoms with Crippen molar-refractivity contribution in [3.8, 4) is 0 Å². The first kappa shape index (κ1) is 12.0. The van der Waals surface area contributed by atoms with Gasteiger partial charge < -0.3 is 9.80 Å². The first-order chi connectivity index (χ1) is 6.58. The van der Waals surface area contributed by atoms with Crippen LogP contribution < -0.4 is 0 Å². The molecule has 1 aliphatic carbocycles. The maximum absolute atomic E-state index is 2.34. The molecule has 2 nitrogen and oxygen atoms in total. The molecule has 0 aromatic heterocycles. The topological polar surface area (TPSA) is 6.48 Å². The number of rotatable bonds is 4. The van der Waals surface area contributed by atoms with Gasteiger partial charge in [0.25, 0.3) is 0 Å². The van der Waals surface area contributed by atoms with Crippen molar-refractivity contribution in [1.82, 2.24) is 9.80 Å². The van der Waals surface area contributed by atoms with Crippen LogP contribution in [0, 0.1) is 11.8 Å². The Labute approximate surface area is 89.3 Å². The second-order valence-corrected chi connectivity index (χ2v) is 5.42.